The molecule has 0 N–H and O–H groups in total. The van der Waals surface area contributed by atoms with E-state index in [2.05, 4.69) is 168 Å². The molecule has 0 saturated carbocycles. The highest BCUT2D eigenvalue weighted by atomic mass is 15.1. The van der Waals surface area contributed by atoms with Crippen molar-refractivity contribution in [2.24, 2.45) is 0 Å². The van der Waals surface area contributed by atoms with Gasteiger partial charge in [-0.2, -0.15) is 14.4 Å². The molecule has 3 nitrogen and oxygen atoms in total. The molecule has 2 aromatic heterocycles. The number of nitrogens with zero attached hydrogens (tertiary/aromatic N) is 3. The molecule has 0 spiro atoms. The van der Waals surface area contributed by atoms with Crippen LogP contribution in [-0.2, 0) is 22.7 Å². The number of hydrogen-bond donors (Lipinski definition) is 0. The predicted octanol–water partition coefficient (Wildman–Crippen LogP) is 10.3. The molecule has 0 amide bonds. The number of fused-ring (bicyclic) bond motifs is 11. The van der Waals surface area contributed by atoms with Gasteiger partial charge in [0, 0.05) is 29.2 Å². The fourth-order valence-electron chi connectivity index (χ4n) is 8.76. The Balaban J connectivity index is 1.36. The van der Waals surface area contributed by atoms with Gasteiger partial charge in [-0.3, -0.25) is 0 Å². The highest BCUT2D eigenvalue weighted by Crippen LogP contribution is 2.54. The van der Waals surface area contributed by atoms with Gasteiger partial charge >= 0.3 is 0 Å². The van der Waals surface area contributed by atoms with Crippen LogP contribution in [0.3, 0.4) is 0 Å². The molecule has 0 saturated heterocycles. The Labute approximate surface area is 295 Å². The van der Waals surface area contributed by atoms with Gasteiger partial charge in [-0.15, -0.1) is 0 Å². The molecule has 4 aromatic carbocycles. The maximum absolute atomic E-state index is 9.80. The largest absolute Gasteiger partial charge is 0.287 e. The number of allylic oxidation sites excluding steroid dienone is 1. The van der Waals surface area contributed by atoms with Crippen LogP contribution in [0.2, 0.25) is 0 Å². The summed E-state index contributed by atoms with van der Waals surface area (Å²) in [5.74, 6) is 0. The molecular weight excluding hydrogens is 607 g/mol. The average Bonchev–Trinajstić information content (AvgIpc) is 3.53. The van der Waals surface area contributed by atoms with E-state index in [0.29, 0.717) is 5.56 Å². The zero-order valence-corrected chi connectivity index (χ0v) is 30.4. The van der Waals surface area contributed by atoms with E-state index in [4.69, 9.17) is 0 Å². The molecule has 0 radical (unpaired) electrons. The van der Waals surface area contributed by atoms with Crippen molar-refractivity contribution in [3.8, 4) is 39.7 Å². The quantitative estimate of drug-likeness (QED) is 0.151. The highest BCUT2D eigenvalue weighted by molar-refractivity contribution is 6.00. The van der Waals surface area contributed by atoms with Gasteiger partial charge < -0.3 is 0 Å². The molecule has 0 fully saturated rings. The third-order valence-electron chi connectivity index (χ3n) is 11.5. The second-order valence-electron chi connectivity index (χ2n) is 17.1. The molecule has 1 aliphatic carbocycles. The van der Waals surface area contributed by atoms with Crippen LogP contribution >= 0.6 is 0 Å². The Morgan fingerprint density at radius 3 is 2.14 bits per heavy atom. The molecule has 0 unspecified atom stereocenters. The van der Waals surface area contributed by atoms with E-state index in [-0.39, 0.29) is 16.2 Å². The molecule has 50 heavy (non-hydrogen) atoms. The van der Waals surface area contributed by atoms with Crippen molar-refractivity contribution >= 4 is 22.2 Å². The summed E-state index contributed by atoms with van der Waals surface area (Å²) >= 11 is 0. The lowest BCUT2D eigenvalue weighted by Gasteiger charge is -2.24. The Morgan fingerprint density at radius 2 is 1.38 bits per heavy atom. The van der Waals surface area contributed by atoms with Gasteiger partial charge in [0.1, 0.15) is 0 Å². The van der Waals surface area contributed by atoms with E-state index >= 15 is 0 Å². The van der Waals surface area contributed by atoms with Crippen molar-refractivity contribution in [3.63, 3.8) is 0 Å². The summed E-state index contributed by atoms with van der Waals surface area (Å²) in [6.45, 7) is 18.5. The normalized spacial score (nSPS) is 16.6. The van der Waals surface area contributed by atoms with Crippen LogP contribution < -0.4 is 9.13 Å². The van der Waals surface area contributed by atoms with Gasteiger partial charge in [0.2, 0.25) is 11.4 Å². The van der Waals surface area contributed by atoms with Crippen LogP contribution in [-0.4, -0.2) is 0 Å². The highest BCUT2D eigenvalue weighted by Gasteiger charge is 2.45. The summed E-state index contributed by atoms with van der Waals surface area (Å²) in [4.78, 5) is 0. The molecule has 4 heterocycles. The second-order valence-corrected chi connectivity index (χ2v) is 17.1. The van der Waals surface area contributed by atoms with E-state index in [1.165, 1.54) is 89.2 Å². The van der Waals surface area contributed by atoms with Gasteiger partial charge in [-0.25, -0.2) is 0 Å². The lowest BCUT2D eigenvalue weighted by Crippen LogP contribution is -2.44. The summed E-state index contributed by atoms with van der Waals surface area (Å²) in [6, 6.07) is 36.3. The van der Waals surface area contributed by atoms with Gasteiger partial charge in [-0.1, -0.05) is 85.7 Å². The second kappa shape index (κ2) is 10.1. The first-order chi connectivity index (χ1) is 23.8. The van der Waals surface area contributed by atoms with E-state index in [1.54, 1.807) is 0 Å². The van der Waals surface area contributed by atoms with E-state index in [9.17, 15) is 5.26 Å². The van der Waals surface area contributed by atoms with Crippen LogP contribution in [0.25, 0.3) is 55.8 Å². The zero-order valence-electron chi connectivity index (χ0n) is 30.4. The number of rotatable bonds is 0. The molecule has 0 bridgehead atoms. The van der Waals surface area contributed by atoms with Crippen LogP contribution in [0.5, 0.6) is 0 Å². The number of hydrogen-bond acceptors (Lipinski definition) is 1. The van der Waals surface area contributed by atoms with Crippen molar-refractivity contribution < 1.29 is 9.13 Å². The average molecular weight is 650 g/mol. The van der Waals surface area contributed by atoms with Gasteiger partial charge in [-0.05, 0) is 97.4 Å². The third kappa shape index (κ3) is 4.27. The number of aromatic nitrogens is 2. The number of benzene rings is 4. The summed E-state index contributed by atoms with van der Waals surface area (Å²) < 4.78 is 4.93. The minimum atomic E-state index is -0.223. The number of pyridine rings is 2. The van der Waals surface area contributed by atoms with Crippen molar-refractivity contribution in [2.45, 2.75) is 78.1 Å². The van der Waals surface area contributed by atoms with Crippen LogP contribution in [0, 0.1) is 11.3 Å². The van der Waals surface area contributed by atoms with Crippen molar-refractivity contribution in [1.82, 2.24) is 0 Å². The molecule has 3 aliphatic rings. The summed E-state index contributed by atoms with van der Waals surface area (Å²) in [7, 11) is 0. The maximum atomic E-state index is 9.80. The maximum Gasteiger partial charge on any atom is 0.287 e. The van der Waals surface area contributed by atoms with E-state index in [0.717, 1.165) is 6.42 Å². The van der Waals surface area contributed by atoms with Crippen LogP contribution in [0.1, 0.15) is 94.3 Å². The fourth-order valence-corrected chi connectivity index (χ4v) is 8.76. The molecule has 3 heteroatoms. The molecule has 9 rings (SSSR count). The van der Waals surface area contributed by atoms with E-state index in [1.807, 2.05) is 6.07 Å². The SMILES string of the molecule is CC(C)(C)c1ccc2c(c1)C/C(=C1/c3cc4c(cc3-c3cccc[n+]31)C(C)(C)c1c-4ccc3ccc(C#N)cc13)[n+]1cc(C(C)(C)C)ccc1-2. The van der Waals surface area contributed by atoms with Crippen molar-refractivity contribution in [3.05, 3.63) is 142 Å². The van der Waals surface area contributed by atoms with Crippen LogP contribution in [0.4, 0.5) is 0 Å². The predicted molar refractivity (Wildman–Crippen MR) is 204 cm³/mol. The van der Waals surface area contributed by atoms with Crippen molar-refractivity contribution in [2.75, 3.05) is 0 Å². The third-order valence-corrected chi connectivity index (χ3v) is 11.5. The van der Waals surface area contributed by atoms with E-state index < -0.39 is 0 Å². The molecule has 0 atom stereocenters. The minimum absolute atomic E-state index is 0.0110. The lowest BCUT2D eigenvalue weighted by atomic mass is 9.79. The topological polar surface area (TPSA) is 31.5 Å². The molecule has 2 aliphatic heterocycles. The first-order valence-electron chi connectivity index (χ1n) is 17.9. The first-order valence-corrected chi connectivity index (χ1v) is 17.9. The smallest absolute Gasteiger partial charge is 0.192 e. The standard InChI is InChI=1S/C47H43N3/c1-45(2,3)31-15-18-33-30(22-31)23-42(50-27-32(46(4,5)6)16-19-41(33)50)44-38-24-36-34-17-14-29-13-12-28(26-48)21-35(29)43(34)47(7,8)39(36)25-37(38)40-11-9-10-20-49(40)44/h9-22,24-25,27H,23H2,1-8H3/q+2/b44-42+. The number of nitriles is 1. The summed E-state index contributed by atoms with van der Waals surface area (Å²) in [6.07, 6.45) is 5.47. The zero-order chi connectivity index (χ0) is 34.9. The lowest BCUT2D eigenvalue weighted by molar-refractivity contribution is -0.597. The Bertz CT molecular complexity index is 2560. The fraction of sp³-hybridized carbons (Fsp3) is 0.255. The minimum Gasteiger partial charge on any atom is -0.192 e. The first kappa shape index (κ1) is 30.7. The molecule has 6 aromatic rings. The van der Waals surface area contributed by atoms with Gasteiger partial charge in [0.25, 0.3) is 11.4 Å². The molecular formula is C47H43N3+2. The van der Waals surface area contributed by atoms with Crippen molar-refractivity contribution in [1.29, 1.82) is 5.26 Å². The van der Waals surface area contributed by atoms with Gasteiger partial charge in [0.15, 0.2) is 12.4 Å². The summed E-state index contributed by atoms with van der Waals surface area (Å²) in [5, 5.41) is 12.1. The molecule has 244 valence electrons. The van der Waals surface area contributed by atoms with Crippen LogP contribution in [0.15, 0.2) is 103 Å². The Hall–Kier alpha value is -5.33. The Kier molecular flexibility index (Phi) is 6.21. The van der Waals surface area contributed by atoms with Gasteiger partial charge in [0.05, 0.1) is 34.7 Å². The summed E-state index contributed by atoms with van der Waals surface area (Å²) in [5.41, 5.74) is 18.7. The Morgan fingerprint density at radius 1 is 0.660 bits per heavy atom. The monoisotopic (exact) mass is 649 g/mol.